The Labute approximate surface area is 208 Å². The van der Waals surface area contributed by atoms with Crippen LogP contribution in [0.15, 0.2) is 61.2 Å². The van der Waals surface area contributed by atoms with E-state index in [1.807, 2.05) is 36.4 Å². The average molecular weight is 486 g/mol. The fourth-order valence-corrected chi connectivity index (χ4v) is 4.21. The van der Waals surface area contributed by atoms with Gasteiger partial charge in [0.15, 0.2) is 0 Å². The van der Waals surface area contributed by atoms with Crippen LogP contribution in [0.4, 0.5) is 11.6 Å². The van der Waals surface area contributed by atoms with Crippen LogP contribution in [-0.4, -0.2) is 69.9 Å². The molecule has 1 aromatic carbocycles. The van der Waals surface area contributed by atoms with Crippen LogP contribution in [0.2, 0.25) is 0 Å². The van der Waals surface area contributed by atoms with E-state index in [9.17, 15) is 9.90 Å². The van der Waals surface area contributed by atoms with Crippen molar-refractivity contribution in [2.24, 2.45) is 0 Å². The number of rotatable bonds is 8. The molecule has 1 aliphatic rings. The minimum atomic E-state index is -0.537. The van der Waals surface area contributed by atoms with Crippen molar-refractivity contribution in [1.29, 1.82) is 0 Å². The summed E-state index contributed by atoms with van der Waals surface area (Å²) in [5, 5.41) is 19.9. The molecule has 0 unspecified atom stereocenters. The van der Waals surface area contributed by atoms with Gasteiger partial charge in [-0.2, -0.15) is 0 Å². The van der Waals surface area contributed by atoms with Crippen LogP contribution in [0.5, 0.6) is 0 Å². The number of amides is 1. The minimum Gasteiger partial charge on any atom is -0.388 e. The van der Waals surface area contributed by atoms with Gasteiger partial charge in [-0.25, -0.2) is 15.0 Å². The molecule has 1 aliphatic heterocycles. The first-order valence-corrected chi connectivity index (χ1v) is 11.8. The summed E-state index contributed by atoms with van der Waals surface area (Å²) in [6.07, 6.45) is 5.09. The van der Waals surface area contributed by atoms with Crippen molar-refractivity contribution < 1.29 is 14.6 Å². The summed E-state index contributed by atoms with van der Waals surface area (Å²) in [5.74, 6) is 1.24. The third-order valence-electron chi connectivity index (χ3n) is 6.14. The van der Waals surface area contributed by atoms with Gasteiger partial charge in [0.25, 0.3) is 5.91 Å². The van der Waals surface area contributed by atoms with Crippen molar-refractivity contribution in [3.05, 3.63) is 72.3 Å². The summed E-state index contributed by atoms with van der Waals surface area (Å²) in [6.45, 7) is 1.42. The number of anilines is 2. The Morgan fingerprint density at radius 3 is 2.78 bits per heavy atom. The second-order valence-electron chi connectivity index (χ2n) is 8.50. The number of nitrogens with one attached hydrogen (secondary N) is 3. The van der Waals surface area contributed by atoms with E-state index in [1.165, 1.54) is 6.33 Å². The zero-order chi connectivity index (χ0) is 24.9. The van der Waals surface area contributed by atoms with Gasteiger partial charge in [-0.15, -0.1) is 0 Å². The molecule has 184 valence electrons. The summed E-state index contributed by atoms with van der Waals surface area (Å²) in [7, 11) is 1.62. The molecule has 0 aliphatic carbocycles. The van der Waals surface area contributed by atoms with Gasteiger partial charge in [0.05, 0.1) is 42.1 Å². The zero-order valence-corrected chi connectivity index (χ0v) is 19.8. The van der Waals surface area contributed by atoms with E-state index in [4.69, 9.17) is 4.74 Å². The van der Waals surface area contributed by atoms with Gasteiger partial charge in [0.1, 0.15) is 18.0 Å². The van der Waals surface area contributed by atoms with Crippen LogP contribution in [0.1, 0.15) is 15.9 Å². The highest BCUT2D eigenvalue weighted by Gasteiger charge is 2.26. The number of aliphatic hydroxyl groups excluding tert-OH is 1. The first-order valence-electron chi connectivity index (χ1n) is 11.8. The minimum absolute atomic E-state index is 0.130. The van der Waals surface area contributed by atoms with Crippen molar-refractivity contribution >= 4 is 28.4 Å². The molecule has 36 heavy (non-hydrogen) atoms. The van der Waals surface area contributed by atoms with Crippen LogP contribution in [0, 0.1) is 0 Å². The number of carbonyl (C=O) groups excluding carboxylic acids is 1. The summed E-state index contributed by atoms with van der Waals surface area (Å²) < 4.78 is 5.26. The van der Waals surface area contributed by atoms with Gasteiger partial charge in [0, 0.05) is 43.0 Å². The Balaban J connectivity index is 1.24. The number of hydrogen-bond donors (Lipinski definition) is 4. The average Bonchev–Trinajstić information content (AvgIpc) is 3.32. The van der Waals surface area contributed by atoms with Gasteiger partial charge < -0.3 is 25.8 Å². The van der Waals surface area contributed by atoms with Gasteiger partial charge in [-0.1, -0.05) is 18.2 Å². The Bertz CT molecular complexity index is 1360. The Kier molecular flexibility index (Phi) is 6.96. The van der Waals surface area contributed by atoms with Crippen molar-refractivity contribution in [2.75, 3.05) is 37.4 Å². The van der Waals surface area contributed by atoms with Crippen LogP contribution in [0.25, 0.3) is 22.2 Å². The number of pyridine rings is 2. The van der Waals surface area contributed by atoms with Crippen LogP contribution in [0.3, 0.4) is 0 Å². The van der Waals surface area contributed by atoms with E-state index >= 15 is 0 Å². The maximum absolute atomic E-state index is 12.2. The Morgan fingerprint density at radius 2 is 2.00 bits per heavy atom. The lowest BCUT2D eigenvalue weighted by molar-refractivity contribution is 0.0964. The molecule has 0 radical (unpaired) electrons. The van der Waals surface area contributed by atoms with E-state index < -0.39 is 6.10 Å². The first-order chi connectivity index (χ1) is 17.6. The van der Waals surface area contributed by atoms with E-state index in [0.29, 0.717) is 43.4 Å². The third kappa shape index (κ3) is 5.09. The number of para-hydroxylation sites is 1. The van der Waals surface area contributed by atoms with Crippen molar-refractivity contribution in [1.82, 2.24) is 25.3 Å². The number of aliphatic hydroxyl groups is 1. The highest BCUT2D eigenvalue weighted by atomic mass is 16.5. The van der Waals surface area contributed by atoms with E-state index in [-0.39, 0.29) is 11.9 Å². The van der Waals surface area contributed by atoms with Crippen molar-refractivity contribution in [2.45, 2.75) is 18.6 Å². The fraction of sp³-hybridized carbons (Fsp3) is 0.269. The van der Waals surface area contributed by atoms with Crippen molar-refractivity contribution in [3.8, 4) is 11.3 Å². The lowest BCUT2D eigenvalue weighted by Crippen LogP contribution is -2.32. The molecule has 4 heterocycles. The highest BCUT2D eigenvalue weighted by molar-refractivity contribution is 6.06. The van der Waals surface area contributed by atoms with Crippen LogP contribution >= 0.6 is 0 Å². The van der Waals surface area contributed by atoms with E-state index in [0.717, 1.165) is 27.7 Å². The number of nitrogens with zero attached hydrogens (tertiary/aromatic N) is 4. The Morgan fingerprint density at radius 1 is 1.08 bits per heavy atom. The van der Waals surface area contributed by atoms with E-state index in [2.05, 4.69) is 35.9 Å². The summed E-state index contributed by atoms with van der Waals surface area (Å²) in [5.41, 5.74) is 4.08. The maximum Gasteiger partial charge on any atom is 0.251 e. The summed E-state index contributed by atoms with van der Waals surface area (Å²) in [6, 6.07) is 13.1. The number of fused-ring (bicyclic) bond motifs is 1. The van der Waals surface area contributed by atoms with Crippen molar-refractivity contribution in [3.63, 3.8) is 0 Å². The lowest BCUT2D eigenvalue weighted by atomic mass is 10.0. The van der Waals surface area contributed by atoms with Crippen LogP contribution in [-0.2, 0) is 11.2 Å². The molecule has 4 N–H and O–H groups in total. The fourth-order valence-electron chi connectivity index (χ4n) is 4.21. The zero-order valence-electron chi connectivity index (χ0n) is 19.8. The molecule has 4 aromatic rings. The summed E-state index contributed by atoms with van der Waals surface area (Å²) in [4.78, 5) is 29.9. The number of hydrogen-bond acceptors (Lipinski definition) is 9. The number of benzene rings is 1. The molecular formula is C26H27N7O3. The predicted octanol–water partition coefficient (Wildman–Crippen LogP) is 2.27. The van der Waals surface area contributed by atoms with E-state index in [1.54, 1.807) is 25.5 Å². The van der Waals surface area contributed by atoms with Gasteiger partial charge >= 0.3 is 0 Å². The molecule has 0 spiro atoms. The molecule has 5 rings (SSSR count). The topological polar surface area (TPSA) is 134 Å². The molecule has 1 saturated heterocycles. The Hall–Kier alpha value is -4.15. The second-order valence-corrected chi connectivity index (χ2v) is 8.50. The molecule has 2 atom stereocenters. The largest absolute Gasteiger partial charge is 0.388 e. The standard InChI is InChI=1S/C26H27N7O3/c1-27-26(35)19-8-10-29-25-16(3-2-4-18(19)25)7-9-28-24-11-20(31-15-32-24)17-5-6-23(30-12-17)33-21-13-36-14-22(21)34/h2-6,8,10-12,15,21-22,34H,7,9,13-14H2,1H3,(H,27,35)(H,30,33)(H,28,31,32)/t21-,22-/m1/s1. The normalized spacial score (nSPS) is 17.2. The van der Waals surface area contributed by atoms with Gasteiger partial charge in [-0.3, -0.25) is 9.78 Å². The quantitative estimate of drug-likeness (QED) is 0.296. The molecule has 10 nitrogen and oxygen atoms in total. The lowest BCUT2D eigenvalue weighted by Gasteiger charge is -2.15. The second kappa shape index (κ2) is 10.6. The van der Waals surface area contributed by atoms with Gasteiger partial charge in [-0.05, 0) is 30.2 Å². The molecule has 1 amide bonds. The molecule has 0 saturated carbocycles. The van der Waals surface area contributed by atoms with Crippen LogP contribution < -0.4 is 16.0 Å². The third-order valence-corrected chi connectivity index (χ3v) is 6.14. The molecule has 1 fully saturated rings. The number of aromatic nitrogens is 4. The highest BCUT2D eigenvalue weighted by Crippen LogP contribution is 2.22. The molecular weight excluding hydrogens is 458 g/mol. The molecule has 10 heteroatoms. The SMILES string of the molecule is CNC(=O)c1ccnc2c(CCNc3cc(-c4ccc(N[C@@H]5COC[C@H]5O)nc4)ncn3)cccc12. The monoisotopic (exact) mass is 485 g/mol. The smallest absolute Gasteiger partial charge is 0.251 e. The molecule has 0 bridgehead atoms. The first kappa shape index (κ1) is 23.6. The predicted molar refractivity (Wildman–Crippen MR) is 137 cm³/mol. The number of carbonyl (C=O) groups is 1. The maximum atomic E-state index is 12.2. The van der Waals surface area contributed by atoms with Gasteiger partial charge in [0.2, 0.25) is 0 Å². The molecule has 3 aromatic heterocycles. The summed E-state index contributed by atoms with van der Waals surface area (Å²) >= 11 is 0. The number of ether oxygens (including phenoxy) is 1.